The standard InChI is InChI=1S/C30H30F2N2O4/c1-18(29(36)37)14-23-8-5-9-26(19(23)2)34-28(35)27(21-6-3-4-7-21)22-12-10-20(11-13-22)24-15-25(17-33-16-24)38-30(31)32/h5,8-17,21,27,30H,3-4,6-7H2,1-2H3,(H,34,35)(H,36,37)/b18-14+/t27-/m1/s1. The number of benzene rings is 2. The minimum absolute atomic E-state index is 0.0178. The van der Waals surface area contributed by atoms with Crippen LogP contribution >= 0.6 is 0 Å². The Labute approximate surface area is 220 Å². The van der Waals surface area contributed by atoms with Crippen LogP contribution in [0.15, 0.2) is 66.5 Å². The number of nitrogens with zero attached hydrogens (tertiary/aromatic N) is 1. The summed E-state index contributed by atoms with van der Waals surface area (Å²) in [6.45, 7) is 0.461. The van der Waals surface area contributed by atoms with E-state index in [1.54, 1.807) is 18.3 Å². The number of hydrogen-bond donors (Lipinski definition) is 2. The lowest BCUT2D eigenvalue weighted by Crippen LogP contribution is -2.27. The molecule has 0 bridgehead atoms. The van der Waals surface area contributed by atoms with Gasteiger partial charge in [-0.3, -0.25) is 9.78 Å². The van der Waals surface area contributed by atoms with E-state index in [2.05, 4.69) is 15.0 Å². The number of carbonyl (C=O) groups excluding carboxylic acids is 1. The Balaban J connectivity index is 1.59. The zero-order valence-electron chi connectivity index (χ0n) is 21.3. The lowest BCUT2D eigenvalue weighted by Gasteiger charge is -2.24. The summed E-state index contributed by atoms with van der Waals surface area (Å²) in [4.78, 5) is 28.9. The van der Waals surface area contributed by atoms with Gasteiger partial charge in [0, 0.05) is 23.0 Å². The summed E-state index contributed by atoms with van der Waals surface area (Å²) in [6.07, 6.45) is 8.46. The third-order valence-corrected chi connectivity index (χ3v) is 7.04. The number of anilines is 1. The Morgan fingerprint density at radius 2 is 1.79 bits per heavy atom. The van der Waals surface area contributed by atoms with Gasteiger partial charge in [-0.1, -0.05) is 49.2 Å². The van der Waals surface area contributed by atoms with Crippen LogP contribution in [0.3, 0.4) is 0 Å². The number of carboxylic acid groups (broad SMARTS) is 1. The van der Waals surface area contributed by atoms with Gasteiger partial charge in [0.25, 0.3) is 0 Å². The second kappa shape index (κ2) is 12.0. The van der Waals surface area contributed by atoms with E-state index in [-0.39, 0.29) is 29.1 Å². The molecule has 4 rings (SSSR count). The van der Waals surface area contributed by atoms with Crippen molar-refractivity contribution in [3.63, 3.8) is 0 Å². The van der Waals surface area contributed by atoms with Crippen molar-refractivity contribution in [1.29, 1.82) is 0 Å². The van der Waals surface area contributed by atoms with Gasteiger partial charge in [0.05, 0.1) is 12.1 Å². The minimum Gasteiger partial charge on any atom is -0.478 e. The molecule has 1 fully saturated rings. The third-order valence-electron chi connectivity index (χ3n) is 7.04. The minimum atomic E-state index is -2.93. The predicted molar refractivity (Wildman–Crippen MR) is 142 cm³/mol. The molecule has 2 N–H and O–H groups in total. The molecule has 38 heavy (non-hydrogen) atoms. The van der Waals surface area contributed by atoms with Crippen LogP contribution in [-0.4, -0.2) is 28.6 Å². The molecule has 1 amide bonds. The molecule has 2 aromatic carbocycles. The highest BCUT2D eigenvalue weighted by Gasteiger charge is 2.32. The molecule has 0 unspecified atom stereocenters. The number of halogens is 2. The summed E-state index contributed by atoms with van der Waals surface area (Å²) in [6, 6.07) is 14.5. The predicted octanol–water partition coefficient (Wildman–Crippen LogP) is 7.06. The Hall–Kier alpha value is -4.07. The van der Waals surface area contributed by atoms with Crippen molar-refractivity contribution in [1.82, 2.24) is 4.98 Å². The maximum absolute atomic E-state index is 13.7. The van der Waals surface area contributed by atoms with Gasteiger partial charge < -0.3 is 15.2 Å². The van der Waals surface area contributed by atoms with Crippen molar-refractivity contribution in [3.8, 4) is 16.9 Å². The first-order valence-electron chi connectivity index (χ1n) is 12.5. The fourth-order valence-corrected chi connectivity index (χ4v) is 5.01. The highest BCUT2D eigenvalue weighted by molar-refractivity contribution is 5.98. The van der Waals surface area contributed by atoms with Crippen molar-refractivity contribution >= 4 is 23.6 Å². The number of nitrogens with one attached hydrogen (secondary N) is 1. The zero-order valence-corrected chi connectivity index (χ0v) is 21.3. The van der Waals surface area contributed by atoms with Crippen LogP contribution < -0.4 is 10.1 Å². The maximum atomic E-state index is 13.7. The van der Waals surface area contributed by atoms with Crippen LogP contribution in [-0.2, 0) is 9.59 Å². The van der Waals surface area contributed by atoms with Gasteiger partial charge in [0.2, 0.25) is 5.91 Å². The molecule has 0 radical (unpaired) electrons. The Morgan fingerprint density at radius 3 is 2.45 bits per heavy atom. The van der Waals surface area contributed by atoms with Gasteiger partial charge in [-0.2, -0.15) is 8.78 Å². The van der Waals surface area contributed by atoms with Crippen LogP contribution in [0.25, 0.3) is 17.2 Å². The molecule has 8 heteroatoms. The molecule has 0 aliphatic heterocycles. The summed E-state index contributed by atoms with van der Waals surface area (Å²) < 4.78 is 29.7. The number of rotatable bonds is 9. The SMILES string of the molecule is C/C(=C\c1cccc(NC(=O)[C@@H](c2ccc(-c3cncc(OC(F)F)c3)cc2)C2CCCC2)c1C)C(=O)O. The highest BCUT2D eigenvalue weighted by Crippen LogP contribution is 2.39. The smallest absolute Gasteiger partial charge is 0.387 e. The molecular formula is C30H30F2N2O4. The van der Waals surface area contributed by atoms with Crippen molar-refractivity contribution in [2.45, 2.75) is 52.1 Å². The topological polar surface area (TPSA) is 88.5 Å². The maximum Gasteiger partial charge on any atom is 0.387 e. The Morgan fingerprint density at radius 1 is 1.08 bits per heavy atom. The van der Waals surface area contributed by atoms with Crippen molar-refractivity contribution in [3.05, 3.63) is 83.2 Å². The van der Waals surface area contributed by atoms with Crippen LogP contribution in [0.1, 0.15) is 55.2 Å². The quantitative estimate of drug-likeness (QED) is 0.295. The molecule has 1 atom stereocenters. The van der Waals surface area contributed by atoms with Crippen molar-refractivity contribution in [2.24, 2.45) is 5.92 Å². The zero-order chi connectivity index (χ0) is 27.2. The molecule has 1 aliphatic carbocycles. The molecule has 1 saturated carbocycles. The first-order chi connectivity index (χ1) is 18.2. The molecule has 3 aromatic rings. The van der Waals surface area contributed by atoms with Gasteiger partial charge >= 0.3 is 12.6 Å². The number of pyridine rings is 1. The van der Waals surface area contributed by atoms with Crippen LogP contribution in [0.2, 0.25) is 0 Å². The van der Waals surface area contributed by atoms with E-state index in [1.807, 2.05) is 43.3 Å². The molecule has 1 heterocycles. The molecule has 198 valence electrons. The van der Waals surface area contributed by atoms with Gasteiger partial charge in [-0.25, -0.2) is 4.79 Å². The lowest BCUT2D eigenvalue weighted by atomic mass is 9.83. The summed E-state index contributed by atoms with van der Waals surface area (Å²) in [5.74, 6) is -1.29. The number of aliphatic carboxylic acids is 1. The number of amides is 1. The summed E-state index contributed by atoms with van der Waals surface area (Å²) in [5.41, 5.74) is 4.66. The monoisotopic (exact) mass is 520 g/mol. The number of ether oxygens (including phenoxy) is 1. The van der Waals surface area contributed by atoms with Crippen LogP contribution in [0.5, 0.6) is 5.75 Å². The first kappa shape index (κ1) is 27.0. The normalized spacial score (nSPS) is 14.9. The average molecular weight is 521 g/mol. The summed E-state index contributed by atoms with van der Waals surface area (Å²) in [7, 11) is 0. The third kappa shape index (κ3) is 6.43. The number of alkyl halides is 2. The van der Waals surface area contributed by atoms with Gasteiger partial charge in [-0.15, -0.1) is 0 Å². The fourth-order valence-electron chi connectivity index (χ4n) is 5.01. The molecular weight excluding hydrogens is 490 g/mol. The highest BCUT2D eigenvalue weighted by atomic mass is 19.3. The van der Waals surface area contributed by atoms with E-state index >= 15 is 0 Å². The van der Waals surface area contributed by atoms with Crippen molar-refractivity contribution in [2.75, 3.05) is 5.32 Å². The molecule has 0 saturated heterocycles. The molecule has 1 aliphatic rings. The van der Waals surface area contributed by atoms with Crippen LogP contribution in [0.4, 0.5) is 14.5 Å². The van der Waals surface area contributed by atoms with E-state index in [4.69, 9.17) is 0 Å². The van der Waals surface area contributed by atoms with E-state index < -0.39 is 12.6 Å². The second-order valence-electron chi connectivity index (χ2n) is 9.57. The van der Waals surface area contributed by atoms with Gasteiger partial charge in [0.1, 0.15) is 5.75 Å². The van der Waals surface area contributed by atoms with E-state index in [1.165, 1.54) is 19.2 Å². The number of carboxylic acids is 1. The average Bonchev–Trinajstić information content (AvgIpc) is 3.41. The number of carbonyl (C=O) groups is 2. The van der Waals surface area contributed by atoms with E-state index in [9.17, 15) is 23.5 Å². The fraction of sp³-hybridized carbons (Fsp3) is 0.300. The molecule has 6 nitrogen and oxygen atoms in total. The number of aromatic nitrogens is 1. The number of hydrogen-bond acceptors (Lipinski definition) is 4. The van der Waals surface area contributed by atoms with E-state index in [0.717, 1.165) is 47.9 Å². The lowest BCUT2D eigenvalue weighted by molar-refractivity contribution is -0.132. The summed E-state index contributed by atoms with van der Waals surface area (Å²) >= 11 is 0. The molecule has 1 aromatic heterocycles. The van der Waals surface area contributed by atoms with E-state index in [0.29, 0.717) is 11.3 Å². The first-order valence-corrected chi connectivity index (χ1v) is 12.5. The van der Waals surface area contributed by atoms with Gasteiger partial charge in [0.15, 0.2) is 0 Å². The second-order valence-corrected chi connectivity index (χ2v) is 9.57. The van der Waals surface area contributed by atoms with Crippen LogP contribution in [0, 0.1) is 12.8 Å². The summed E-state index contributed by atoms with van der Waals surface area (Å²) in [5, 5.41) is 12.3. The van der Waals surface area contributed by atoms with Gasteiger partial charge in [-0.05, 0) is 73.1 Å². The largest absolute Gasteiger partial charge is 0.478 e. The molecule has 0 spiro atoms. The van der Waals surface area contributed by atoms with Crippen molar-refractivity contribution < 1.29 is 28.2 Å². The Bertz CT molecular complexity index is 1330. The Kier molecular flexibility index (Phi) is 8.51.